The van der Waals surface area contributed by atoms with Crippen LogP contribution in [0.2, 0.25) is 0 Å². The number of ether oxygens (including phenoxy) is 2. The molecule has 2 N–H and O–H groups in total. The summed E-state index contributed by atoms with van der Waals surface area (Å²) in [4.78, 5) is 26.0. The molecule has 0 fully saturated rings. The number of hydrogen-bond donors (Lipinski definition) is 1. The monoisotopic (exact) mass is 390 g/mol. The number of benzene rings is 3. The van der Waals surface area contributed by atoms with Crippen molar-refractivity contribution in [3.8, 4) is 17.2 Å². The van der Waals surface area contributed by atoms with E-state index in [-0.39, 0.29) is 18.9 Å². The number of carbonyl (C=O) groups excluding carboxylic acids is 2. The van der Waals surface area contributed by atoms with Crippen molar-refractivity contribution < 1.29 is 19.1 Å². The highest BCUT2D eigenvalue weighted by molar-refractivity contribution is 6.06. The zero-order valence-corrected chi connectivity index (χ0v) is 16.1. The third-order valence-electron chi connectivity index (χ3n) is 4.27. The Labute approximate surface area is 169 Å². The van der Waals surface area contributed by atoms with Gasteiger partial charge in [-0.25, -0.2) is 0 Å². The molecule has 0 saturated carbocycles. The number of nitrogens with two attached hydrogens (primary N) is 1. The molecule has 0 aliphatic rings. The summed E-state index contributed by atoms with van der Waals surface area (Å²) in [5.41, 5.74) is 6.38. The number of methoxy groups -OCH3 is 1. The molecule has 0 aromatic heterocycles. The molecule has 0 unspecified atom stereocenters. The Morgan fingerprint density at radius 2 is 1.55 bits per heavy atom. The van der Waals surface area contributed by atoms with Crippen LogP contribution in [0.5, 0.6) is 17.2 Å². The zero-order chi connectivity index (χ0) is 20.6. The maximum Gasteiger partial charge on any atom is 0.258 e. The molecule has 3 aromatic carbocycles. The second-order valence-electron chi connectivity index (χ2n) is 6.31. The highest BCUT2D eigenvalue weighted by atomic mass is 16.5. The first-order valence-corrected chi connectivity index (χ1v) is 9.14. The van der Waals surface area contributed by atoms with Crippen LogP contribution in [0.25, 0.3) is 0 Å². The summed E-state index contributed by atoms with van der Waals surface area (Å²) in [5, 5.41) is 0. The number of rotatable bonds is 8. The molecule has 3 rings (SSSR count). The Morgan fingerprint density at radius 1 is 0.862 bits per heavy atom. The first-order chi connectivity index (χ1) is 14.1. The molecule has 0 spiro atoms. The fourth-order valence-electron chi connectivity index (χ4n) is 2.81. The van der Waals surface area contributed by atoms with E-state index in [1.54, 1.807) is 55.6 Å². The van der Waals surface area contributed by atoms with Crippen molar-refractivity contribution in [1.82, 2.24) is 0 Å². The number of para-hydroxylation sites is 1. The van der Waals surface area contributed by atoms with E-state index in [2.05, 4.69) is 0 Å². The summed E-state index contributed by atoms with van der Waals surface area (Å²) in [6, 6.07) is 23.3. The molecule has 2 amide bonds. The van der Waals surface area contributed by atoms with E-state index in [4.69, 9.17) is 15.2 Å². The van der Waals surface area contributed by atoms with Gasteiger partial charge in [-0.15, -0.1) is 0 Å². The number of carbonyl (C=O) groups is 2. The predicted octanol–water partition coefficient (Wildman–Crippen LogP) is 4.01. The van der Waals surface area contributed by atoms with Gasteiger partial charge in [-0.2, -0.15) is 0 Å². The number of nitrogens with zero attached hydrogens (tertiary/aromatic N) is 1. The lowest BCUT2D eigenvalue weighted by Crippen LogP contribution is -2.34. The van der Waals surface area contributed by atoms with Crippen molar-refractivity contribution in [2.45, 2.75) is 6.42 Å². The predicted molar refractivity (Wildman–Crippen MR) is 111 cm³/mol. The molecule has 6 nitrogen and oxygen atoms in total. The van der Waals surface area contributed by atoms with Gasteiger partial charge in [0, 0.05) is 24.2 Å². The number of anilines is 1. The van der Waals surface area contributed by atoms with Crippen LogP contribution in [0, 0.1) is 0 Å². The second kappa shape index (κ2) is 9.41. The summed E-state index contributed by atoms with van der Waals surface area (Å²) in [6.07, 6.45) is 0.0535. The fourth-order valence-corrected chi connectivity index (χ4v) is 2.81. The minimum Gasteiger partial charge on any atom is -0.497 e. The van der Waals surface area contributed by atoms with Crippen molar-refractivity contribution in [2.75, 3.05) is 18.6 Å². The SMILES string of the molecule is COc1ccc(N(CCC(N)=O)C(=O)c2cccc(Oc3ccccc3)c2)cc1. The lowest BCUT2D eigenvalue weighted by atomic mass is 10.1. The highest BCUT2D eigenvalue weighted by Crippen LogP contribution is 2.25. The molecular weight excluding hydrogens is 368 g/mol. The molecule has 0 saturated heterocycles. The Kier molecular flexibility index (Phi) is 6.47. The van der Waals surface area contributed by atoms with E-state index in [9.17, 15) is 9.59 Å². The molecule has 0 radical (unpaired) electrons. The summed E-state index contributed by atoms with van der Waals surface area (Å²) >= 11 is 0. The van der Waals surface area contributed by atoms with Crippen molar-refractivity contribution in [3.63, 3.8) is 0 Å². The van der Waals surface area contributed by atoms with E-state index in [1.165, 1.54) is 4.90 Å². The third-order valence-corrected chi connectivity index (χ3v) is 4.27. The van der Waals surface area contributed by atoms with Crippen LogP contribution in [-0.2, 0) is 4.79 Å². The van der Waals surface area contributed by atoms with Gasteiger partial charge in [0.15, 0.2) is 0 Å². The zero-order valence-electron chi connectivity index (χ0n) is 16.1. The van der Waals surface area contributed by atoms with Crippen LogP contribution in [0.4, 0.5) is 5.69 Å². The normalized spacial score (nSPS) is 10.2. The van der Waals surface area contributed by atoms with Gasteiger partial charge in [0.2, 0.25) is 5.91 Å². The Morgan fingerprint density at radius 3 is 2.21 bits per heavy atom. The van der Waals surface area contributed by atoms with Gasteiger partial charge in [-0.3, -0.25) is 9.59 Å². The molecule has 0 aliphatic carbocycles. The number of primary amides is 1. The topological polar surface area (TPSA) is 81.9 Å². The first-order valence-electron chi connectivity index (χ1n) is 9.14. The maximum atomic E-state index is 13.2. The Bertz CT molecular complexity index is 972. The van der Waals surface area contributed by atoms with E-state index in [1.807, 2.05) is 30.3 Å². The van der Waals surface area contributed by atoms with Gasteiger partial charge in [0.05, 0.1) is 7.11 Å². The summed E-state index contributed by atoms with van der Waals surface area (Å²) in [7, 11) is 1.57. The lowest BCUT2D eigenvalue weighted by molar-refractivity contribution is -0.117. The van der Waals surface area contributed by atoms with E-state index >= 15 is 0 Å². The summed E-state index contributed by atoms with van der Waals surface area (Å²) < 4.78 is 11.0. The van der Waals surface area contributed by atoms with Crippen LogP contribution < -0.4 is 20.1 Å². The molecule has 0 heterocycles. The molecule has 0 aliphatic heterocycles. The van der Waals surface area contributed by atoms with Gasteiger partial charge >= 0.3 is 0 Å². The Hall–Kier alpha value is -3.80. The van der Waals surface area contributed by atoms with Gasteiger partial charge in [0.1, 0.15) is 17.2 Å². The standard InChI is InChI=1S/C23H22N2O4/c1-28-19-12-10-18(11-13-19)25(15-14-22(24)26)23(27)17-6-5-9-21(16-17)29-20-7-3-2-4-8-20/h2-13,16H,14-15H2,1H3,(H2,24,26). The molecule has 148 valence electrons. The van der Waals surface area contributed by atoms with Gasteiger partial charge < -0.3 is 20.1 Å². The number of hydrogen-bond acceptors (Lipinski definition) is 4. The average molecular weight is 390 g/mol. The van der Waals surface area contributed by atoms with Gasteiger partial charge in [-0.1, -0.05) is 24.3 Å². The van der Waals surface area contributed by atoms with Crippen LogP contribution in [0.1, 0.15) is 16.8 Å². The smallest absolute Gasteiger partial charge is 0.258 e. The maximum absolute atomic E-state index is 13.2. The van der Waals surface area contributed by atoms with E-state index < -0.39 is 5.91 Å². The van der Waals surface area contributed by atoms with Crippen LogP contribution in [-0.4, -0.2) is 25.5 Å². The van der Waals surface area contributed by atoms with E-state index in [0.29, 0.717) is 28.5 Å². The molecule has 0 atom stereocenters. The van der Waals surface area contributed by atoms with Crippen LogP contribution in [0.3, 0.4) is 0 Å². The van der Waals surface area contributed by atoms with Crippen LogP contribution in [0.15, 0.2) is 78.9 Å². The minimum atomic E-state index is -0.475. The van der Waals surface area contributed by atoms with Crippen LogP contribution >= 0.6 is 0 Å². The molecule has 29 heavy (non-hydrogen) atoms. The first kappa shape index (κ1) is 19.9. The highest BCUT2D eigenvalue weighted by Gasteiger charge is 2.19. The Balaban J connectivity index is 1.86. The second-order valence-corrected chi connectivity index (χ2v) is 6.31. The van der Waals surface area contributed by atoms with Gasteiger partial charge in [-0.05, 0) is 54.6 Å². The third kappa shape index (κ3) is 5.35. The van der Waals surface area contributed by atoms with Crippen molar-refractivity contribution >= 4 is 17.5 Å². The number of amides is 2. The molecule has 6 heteroatoms. The minimum absolute atomic E-state index is 0.0535. The largest absolute Gasteiger partial charge is 0.497 e. The fraction of sp³-hybridized carbons (Fsp3) is 0.130. The van der Waals surface area contributed by atoms with Crippen molar-refractivity contribution in [1.29, 1.82) is 0 Å². The molecule has 0 bridgehead atoms. The van der Waals surface area contributed by atoms with Crippen molar-refractivity contribution in [2.24, 2.45) is 5.73 Å². The lowest BCUT2D eigenvalue weighted by Gasteiger charge is -2.23. The molecule has 3 aromatic rings. The quantitative estimate of drug-likeness (QED) is 0.630. The summed E-state index contributed by atoms with van der Waals surface area (Å²) in [5.74, 6) is 1.17. The van der Waals surface area contributed by atoms with Gasteiger partial charge in [0.25, 0.3) is 5.91 Å². The van der Waals surface area contributed by atoms with E-state index in [0.717, 1.165) is 0 Å². The summed E-state index contributed by atoms with van der Waals surface area (Å²) in [6.45, 7) is 0.171. The molecular formula is C23H22N2O4. The average Bonchev–Trinajstić information content (AvgIpc) is 2.75. The van der Waals surface area contributed by atoms with Crippen molar-refractivity contribution in [3.05, 3.63) is 84.4 Å².